The molecule has 0 aliphatic carbocycles. The number of anilines is 1. The number of benzene rings is 1. The van der Waals surface area contributed by atoms with Crippen LogP contribution in [0.5, 0.6) is 5.75 Å². The van der Waals surface area contributed by atoms with E-state index in [9.17, 15) is 4.79 Å². The first kappa shape index (κ1) is 16.4. The normalized spacial score (nSPS) is 10.2. The number of rotatable bonds is 3. The van der Waals surface area contributed by atoms with E-state index in [4.69, 9.17) is 40.2 Å². The second-order valence-corrected chi connectivity index (χ2v) is 5.21. The number of hydrogen-bond acceptors (Lipinski definition) is 6. The monoisotopic (exact) mass is 360 g/mol. The van der Waals surface area contributed by atoms with Crippen LogP contribution in [0.25, 0.3) is 0 Å². The zero-order chi connectivity index (χ0) is 16.3. The predicted octanol–water partition coefficient (Wildman–Crippen LogP) is 1.65. The molecule has 116 valence electrons. The third kappa shape index (κ3) is 3.81. The van der Waals surface area contributed by atoms with Gasteiger partial charge in [-0.05, 0) is 29.6 Å². The summed E-state index contributed by atoms with van der Waals surface area (Å²) in [6, 6.07) is 2.84. The minimum absolute atomic E-state index is 0.0149. The lowest BCUT2D eigenvalue weighted by Gasteiger charge is -2.10. The van der Waals surface area contributed by atoms with Crippen LogP contribution in [0.15, 0.2) is 12.1 Å². The quantitative estimate of drug-likeness (QED) is 0.803. The molecule has 0 saturated heterocycles. The number of methoxy groups -OCH3 is 1. The van der Waals surface area contributed by atoms with E-state index in [1.54, 1.807) is 7.05 Å². The maximum Gasteiger partial charge on any atom is 0.269 e. The topological polar surface area (TPSA) is 94.0 Å². The fourth-order valence-electron chi connectivity index (χ4n) is 1.53. The minimum atomic E-state index is -0.493. The molecule has 0 aliphatic rings. The Labute approximate surface area is 140 Å². The molecule has 2 aromatic rings. The summed E-state index contributed by atoms with van der Waals surface area (Å²) >= 11 is 16.9. The number of carbonyl (C=O) groups excluding carboxylic acids is 1. The molecule has 0 atom stereocenters. The molecule has 0 spiro atoms. The molecule has 2 N–H and O–H groups in total. The van der Waals surface area contributed by atoms with Crippen LogP contribution in [0, 0.1) is 0 Å². The molecular formula is C11H10Cl2N6O2S. The van der Waals surface area contributed by atoms with Crippen LogP contribution < -0.4 is 15.4 Å². The van der Waals surface area contributed by atoms with Crippen LogP contribution in [-0.2, 0) is 7.05 Å². The average molecular weight is 361 g/mol. The smallest absolute Gasteiger partial charge is 0.269 e. The maximum absolute atomic E-state index is 12.1. The number of aromatic nitrogens is 4. The summed E-state index contributed by atoms with van der Waals surface area (Å²) in [6.07, 6.45) is 0. The molecule has 0 fully saturated rings. The van der Waals surface area contributed by atoms with Crippen molar-refractivity contribution in [3.8, 4) is 5.75 Å². The van der Waals surface area contributed by atoms with Crippen molar-refractivity contribution in [1.82, 2.24) is 25.5 Å². The molecule has 8 nitrogen and oxygen atoms in total. The number of halogens is 2. The lowest BCUT2D eigenvalue weighted by Crippen LogP contribution is -2.34. The van der Waals surface area contributed by atoms with Crippen molar-refractivity contribution in [2.24, 2.45) is 7.05 Å². The standard InChI is InChI=1S/C11H10Cl2N6O2S/c1-19-17-10(16-18-19)15-11(22)14-9(20)5-3-6(12)8(21-2)7(13)4-5/h3-4H,1-2H3,(H2,14,15,17,20,22). The molecule has 11 heteroatoms. The number of ether oxygens (including phenoxy) is 1. The van der Waals surface area contributed by atoms with E-state index in [1.165, 1.54) is 24.0 Å². The molecule has 0 radical (unpaired) electrons. The number of nitrogens with zero attached hydrogens (tertiary/aromatic N) is 4. The van der Waals surface area contributed by atoms with Gasteiger partial charge in [0.2, 0.25) is 0 Å². The van der Waals surface area contributed by atoms with E-state index in [2.05, 4.69) is 26.0 Å². The van der Waals surface area contributed by atoms with Gasteiger partial charge in [-0.15, -0.1) is 5.10 Å². The van der Waals surface area contributed by atoms with Gasteiger partial charge in [0.05, 0.1) is 24.2 Å². The zero-order valence-electron chi connectivity index (χ0n) is 11.4. The molecule has 0 unspecified atom stereocenters. The summed E-state index contributed by atoms with van der Waals surface area (Å²) < 4.78 is 5.01. The molecule has 1 aromatic carbocycles. The maximum atomic E-state index is 12.1. The highest BCUT2D eigenvalue weighted by Crippen LogP contribution is 2.33. The first-order chi connectivity index (χ1) is 10.4. The van der Waals surface area contributed by atoms with Crippen LogP contribution >= 0.6 is 35.4 Å². The van der Waals surface area contributed by atoms with E-state index in [-0.39, 0.29) is 26.7 Å². The van der Waals surface area contributed by atoms with Gasteiger partial charge in [0.15, 0.2) is 10.9 Å². The van der Waals surface area contributed by atoms with E-state index < -0.39 is 5.91 Å². The van der Waals surface area contributed by atoms with Crippen LogP contribution in [0.3, 0.4) is 0 Å². The molecule has 0 bridgehead atoms. The largest absolute Gasteiger partial charge is 0.494 e. The van der Waals surface area contributed by atoms with Crippen LogP contribution in [0.4, 0.5) is 5.95 Å². The summed E-state index contributed by atoms with van der Waals surface area (Å²) in [5.74, 6) is -0.0317. The summed E-state index contributed by atoms with van der Waals surface area (Å²) in [7, 11) is 3.03. The number of carbonyl (C=O) groups is 1. The highest BCUT2D eigenvalue weighted by Gasteiger charge is 2.15. The average Bonchev–Trinajstić information content (AvgIpc) is 2.83. The Balaban J connectivity index is 2.07. The summed E-state index contributed by atoms with van der Waals surface area (Å²) in [5, 5.41) is 16.7. The van der Waals surface area contributed by atoms with E-state index in [0.717, 1.165) is 0 Å². The van der Waals surface area contributed by atoms with Crippen molar-refractivity contribution >= 4 is 52.4 Å². The van der Waals surface area contributed by atoms with Crippen LogP contribution in [0.2, 0.25) is 10.0 Å². The Bertz CT molecular complexity index is 712. The van der Waals surface area contributed by atoms with Crippen molar-refractivity contribution < 1.29 is 9.53 Å². The second kappa shape index (κ2) is 6.86. The van der Waals surface area contributed by atoms with Gasteiger partial charge in [0.25, 0.3) is 11.9 Å². The van der Waals surface area contributed by atoms with Gasteiger partial charge in [0.1, 0.15) is 0 Å². The van der Waals surface area contributed by atoms with E-state index in [1.807, 2.05) is 0 Å². The minimum Gasteiger partial charge on any atom is -0.494 e. The molecule has 0 aliphatic heterocycles. The molecule has 1 heterocycles. The van der Waals surface area contributed by atoms with Crippen LogP contribution in [0.1, 0.15) is 10.4 Å². The second-order valence-electron chi connectivity index (χ2n) is 3.98. The van der Waals surface area contributed by atoms with Crippen molar-refractivity contribution in [2.45, 2.75) is 0 Å². The Morgan fingerprint density at radius 3 is 2.50 bits per heavy atom. The highest BCUT2D eigenvalue weighted by atomic mass is 35.5. The van der Waals surface area contributed by atoms with Crippen molar-refractivity contribution in [1.29, 1.82) is 0 Å². The number of aryl methyl sites for hydroxylation is 1. The summed E-state index contributed by atoms with van der Waals surface area (Å²) in [6.45, 7) is 0. The molecule has 0 saturated carbocycles. The fraction of sp³-hybridized carbons (Fsp3) is 0.182. The SMILES string of the molecule is COc1c(Cl)cc(C(=O)NC(=S)Nc2nnn(C)n2)cc1Cl. The number of tetrazole rings is 1. The summed E-state index contributed by atoms with van der Waals surface area (Å²) in [4.78, 5) is 13.3. The highest BCUT2D eigenvalue weighted by molar-refractivity contribution is 7.80. The van der Waals surface area contributed by atoms with E-state index in [0.29, 0.717) is 5.75 Å². The number of thiocarbonyl (C=S) groups is 1. The first-order valence-corrected chi connectivity index (χ1v) is 6.96. The van der Waals surface area contributed by atoms with Gasteiger partial charge in [-0.25, -0.2) is 0 Å². The lowest BCUT2D eigenvalue weighted by atomic mass is 10.2. The third-order valence-corrected chi connectivity index (χ3v) is 3.19. The number of hydrogen-bond donors (Lipinski definition) is 2. The van der Waals surface area contributed by atoms with Gasteiger partial charge in [-0.3, -0.25) is 15.4 Å². The first-order valence-electron chi connectivity index (χ1n) is 5.80. The lowest BCUT2D eigenvalue weighted by molar-refractivity contribution is 0.0977. The number of amides is 1. The Kier molecular flexibility index (Phi) is 5.11. The van der Waals surface area contributed by atoms with Gasteiger partial charge in [-0.2, -0.15) is 4.80 Å². The van der Waals surface area contributed by atoms with Gasteiger partial charge in [0, 0.05) is 5.56 Å². The van der Waals surface area contributed by atoms with Gasteiger partial charge in [-0.1, -0.05) is 28.3 Å². The van der Waals surface area contributed by atoms with E-state index >= 15 is 0 Å². The fourth-order valence-corrected chi connectivity index (χ4v) is 2.35. The van der Waals surface area contributed by atoms with Gasteiger partial charge < -0.3 is 4.74 Å². The molecular weight excluding hydrogens is 351 g/mol. The number of nitrogens with one attached hydrogen (secondary N) is 2. The van der Waals surface area contributed by atoms with Crippen molar-refractivity contribution in [3.63, 3.8) is 0 Å². The van der Waals surface area contributed by atoms with Crippen LogP contribution in [-0.4, -0.2) is 38.3 Å². The predicted molar refractivity (Wildman–Crippen MR) is 85.5 cm³/mol. The molecule has 2 rings (SSSR count). The third-order valence-electron chi connectivity index (χ3n) is 2.43. The van der Waals surface area contributed by atoms with Gasteiger partial charge >= 0.3 is 0 Å². The van der Waals surface area contributed by atoms with Crippen molar-refractivity contribution in [3.05, 3.63) is 27.7 Å². The van der Waals surface area contributed by atoms with Crippen molar-refractivity contribution in [2.75, 3.05) is 12.4 Å². The Morgan fingerprint density at radius 2 is 2.00 bits per heavy atom. The zero-order valence-corrected chi connectivity index (χ0v) is 13.8. The molecule has 1 aromatic heterocycles. The Morgan fingerprint density at radius 1 is 1.36 bits per heavy atom. The molecule has 1 amide bonds. The Hall–Kier alpha value is -1.97. The molecule has 22 heavy (non-hydrogen) atoms. The summed E-state index contributed by atoms with van der Waals surface area (Å²) in [5.41, 5.74) is 0.229.